The summed E-state index contributed by atoms with van der Waals surface area (Å²) < 4.78 is 6.10. The van der Waals surface area contributed by atoms with Crippen LogP contribution in [0.15, 0.2) is 56.7 Å². The van der Waals surface area contributed by atoms with Crippen LogP contribution in [0.25, 0.3) is 6.08 Å². The summed E-state index contributed by atoms with van der Waals surface area (Å²) in [5.41, 5.74) is 1.65. The smallest absolute Gasteiger partial charge is 0.265 e. The van der Waals surface area contributed by atoms with E-state index in [1.807, 2.05) is 48.5 Å². The van der Waals surface area contributed by atoms with Crippen LogP contribution in [-0.2, 0) is 9.59 Å². The molecule has 0 saturated carbocycles. The van der Waals surface area contributed by atoms with E-state index in [2.05, 4.69) is 26.1 Å². The van der Waals surface area contributed by atoms with Gasteiger partial charge in [-0.1, -0.05) is 30.0 Å². The van der Waals surface area contributed by atoms with E-state index in [1.54, 1.807) is 12.0 Å². The number of amides is 2. The molecule has 0 atom stereocenters. The van der Waals surface area contributed by atoms with Gasteiger partial charge in [-0.25, -0.2) is 0 Å². The van der Waals surface area contributed by atoms with Crippen LogP contribution in [0.2, 0.25) is 0 Å². The monoisotopic (exact) mass is 515 g/mol. The predicted molar refractivity (Wildman–Crippen MR) is 132 cm³/mol. The maximum atomic E-state index is 13.3. The number of thioether (sulfide) groups is 1. The number of nitrogens with zero attached hydrogens (tertiary/aromatic N) is 2. The van der Waals surface area contributed by atoms with E-state index in [9.17, 15) is 9.59 Å². The number of nitrogens with one attached hydrogen (secondary N) is 1. The molecule has 0 unspecified atom stereocenters. The van der Waals surface area contributed by atoms with Crippen LogP contribution in [0.1, 0.15) is 18.4 Å². The van der Waals surface area contributed by atoms with E-state index in [0.717, 1.165) is 46.0 Å². The fourth-order valence-electron chi connectivity index (χ4n) is 3.90. The van der Waals surface area contributed by atoms with Gasteiger partial charge in [0.15, 0.2) is 0 Å². The number of methoxy groups -OCH3 is 1. The first-order valence-corrected chi connectivity index (χ1v) is 12.3. The quantitative estimate of drug-likeness (QED) is 0.561. The largest absolute Gasteiger partial charge is 0.496 e. The van der Waals surface area contributed by atoms with E-state index in [1.165, 1.54) is 24.6 Å². The highest BCUT2D eigenvalue weighted by atomic mass is 79.9. The first kappa shape index (κ1) is 22.9. The van der Waals surface area contributed by atoms with Crippen molar-refractivity contribution in [2.45, 2.75) is 17.7 Å². The number of benzene rings is 2. The summed E-state index contributed by atoms with van der Waals surface area (Å²) in [7, 11) is 1.61. The molecule has 0 radical (unpaired) electrons. The number of anilines is 1. The van der Waals surface area contributed by atoms with Crippen LogP contribution in [0.5, 0.6) is 5.75 Å². The second-order valence-electron chi connectivity index (χ2n) is 7.76. The molecule has 0 bridgehead atoms. The topological polar surface area (TPSA) is 61.9 Å². The highest BCUT2D eigenvalue weighted by Gasteiger charge is 2.30. The molecule has 2 heterocycles. The molecule has 0 aliphatic carbocycles. The molecule has 32 heavy (non-hydrogen) atoms. The molecule has 2 aliphatic heterocycles. The summed E-state index contributed by atoms with van der Waals surface area (Å²) in [4.78, 5) is 31.4. The molecule has 1 saturated heterocycles. The lowest BCUT2D eigenvalue weighted by atomic mass is 10.2. The van der Waals surface area contributed by atoms with Gasteiger partial charge < -0.3 is 15.0 Å². The Hall–Kier alpha value is -2.29. The number of hydrogen-bond acceptors (Lipinski definition) is 5. The average molecular weight is 516 g/mol. The molecule has 0 spiro atoms. The van der Waals surface area contributed by atoms with Gasteiger partial charge >= 0.3 is 0 Å². The number of carbonyl (C=O) groups excluding carboxylic acids is 2. The molecule has 4 rings (SSSR count). The van der Waals surface area contributed by atoms with Crippen LogP contribution in [-0.4, -0.2) is 56.5 Å². The Morgan fingerprint density at radius 3 is 2.75 bits per heavy atom. The molecule has 2 aliphatic rings. The average Bonchev–Trinajstić information content (AvgIpc) is 3.30. The molecular formula is C24H26BrN3O3S. The predicted octanol–water partition coefficient (Wildman–Crippen LogP) is 4.15. The molecule has 1 N–H and O–H groups in total. The van der Waals surface area contributed by atoms with Gasteiger partial charge in [-0.2, -0.15) is 0 Å². The molecular weight excluding hydrogens is 490 g/mol. The Labute approximate surface area is 201 Å². The molecule has 2 amide bonds. The lowest BCUT2D eigenvalue weighted by Gasteiger charge is -2.30. The maximum Gasteiger partial charge on any atom is 0.265 e. The Balaban J connectivity index is 1.50. The molecule has 2 aromatic rings. The van der Waals surface area contributed by atoms with Gasteiger partial charge in [-0.05, 0) is 77.8 Å². The second-order valence-corrected chi connectivity index (χ2v) is 9.70. The normalized spacial score (nSPS) is 17.5. The third kappa shape index (κ3) is 5.36. The number of para-hydroxylation sites is 1. The fourth-order valence-corrected chi connectivity index (χ4v) is 5.52. The van der Waals surface area contributed by atoms with Crippen molar-refractivity contribution >= 4 is 51.3 Å². The van der Waals surface area contributed by atoms with Crippen LogP contribution in [0.4, 0.5) is 5.69 Å². The minimum Gasteiger partial charge on any atom is -0.496 e. The van der Waals surface area contributed by atoms with Crippen molar-refractivity contribution in [2.24, 2.45) is 0 Å². The SMILES string of the molecule is COc1ccc(C=C2Sc3ccccc3N(CC(=O)NCCN3CCCC3)C2=O)cc1Br. The van der Waals surface area contributed by atoms with Crippen molar-refractivity contribution in [3.63, 3.8) is 0 Å². The first-order valence-electron chi connectivity index (χ1n) is 10.7. The summed E-state index contributed by atoms with van der Waals surface area (Å²) in [6.45, 7) is 3.64. The maximum absolute atomic E-state index is 13.3. The zero-order chi connectivity index (χ0) is 22.5. The lowest BCUT2D eigenvalue weighted by Crippen LogP contribution is -2.44. The molecule has 2 aromatic carbocycles. The third-order valence-electron chi connectivity index (χ3n) is 5.56. The third-order valence-corrected chi connectivity index (χ3v) is 7.25. The second kappa shape index (κ2) is 10.6. The van der Waals surface area contributed by atoms with Crippen LogP contribution >= 0.6 is 27.7 Å². The summed E-state index contributed by atoms with van der Waals surface area (Å²) in [5, 5.41) is 2.97. The number of carbonyl (C=O) groups is 2. The van der Waals surface area contributed by atoms with Crippen molar-refractivity contribution in [2.75, 3.05) is 44.7 Å². The summed E-state index contributed by atoms with van der Waals surface area (Å²) in [5.74, 6) is 0.411. The molecule has 6 nitrogen and oxygen atoms in total. The molecule has 0 aromatic heterocycles. The van der Waals surface area contributed by atoms with E-state index in [4.69, 9.17) is 4.74 Å². The number of likely N-dealkylation sites (tertiary alicyclic amines) is 1. The number of fused-ring (bicyclic) bond motifs is 1. The van der Waals surface area contributed by atoms with Crippen molar-refractivity contribution in [3.8, 4) is 5.75 Å². The highest BCUT2D eigenvalue weighted by molar-refractivity contribution is 9.10. The lowest BCUT2D eigenvalue weighted by molar-refractivity contribution is -0.122. The number of rotatable bonds is 7. The Bertz CT molecular complexity index is 1040. The number of halogens is 1. The van der Waals surface area contributed by atoms with Crippen LogP contribution in [0.3, 0.4) is 0 Å². The van der Waals surface area contributed by atoms with Crippen molar-refractivity contribution in [1.82, 2.24) is 10.2 Å². The Kier molecular flexibility index (Phi) is 7.55. The zero-order valence-electron chi connectivity index (χ0n) is 18.0. The molecule has 8 heteroatoms. The van der Waals surface area contributed by atoms with Gasteiger partial charge in [0.2, 0.25) is 5.91 Å². The minimum absolute atomic E-state index is 0.0000532. The Morgan fingerprint density at radius 1 is 1.22 bits per heavy atom. The minimum atomic E-state index is -0.171. The van der Waals surface area contributed by atoms with E-state index in [0.29, 0.717) is 11.4 Å². The van der Waals surface area contributed by atoms with Crippen molar-refractivity contribution < 1.29 is 14.3 Å². The molecule has 168 valence electrons. The van der Waals surface area contributed by atoms with Gasteiger partial charge in [0.05, 0.1) is 22.2 Å². The van der Waals surface area contributed by atoms with E-state index >= 15 is 0 Å². The van der Waals surface area contributed by atoms with Gasteiger partial charge in [-0.15, -0.1) is 0 Å². The van der Waals surface area contributed by atoms with Crippen LogP contribution in [0, 0.1) is 0 Å². The van der Waals surface area contributed by atoms with Crippen molar-refractivity contribution in [3.05, 3.63) is 57.4 Å². The van der Waals surface area contributed by atoms with Gasteiger partial charge in [0.25, 0.3) is 5.91 Å². The summed E-state index contributed by atoms with van der Waals surface area (Å²) in [6.07, 6.45) is 4.31. The molecule has 1 fully saturated rings. The van der Waals surface area contributed by atoms with Gasteiger partial charge in [-0.3, -0.25) is 14.5 Å². The van der Waals surface area contributed by atoms with Crippen LogP contribution < -0.4 is 15.0 Å². The van der Waals surface area contributed by atoms with Crippen molar-refractivity contribution in [1.29, 1.82) is 0 Å². The number of ether oxygens (including phenoxy) is 1. The summed E-state index contributed by atoms with van der Waals surface area (Å²) in [6, 6.07) is 13.4. The van der Waals surface area contributed by atoms with E-state index < -0.39 is 0 Å². The van der Waals surface area contributed by atoms with E-state index in [-0.39, 0.29) is 18.4 Å². The zero-order valence-corrected chi connectivity index (χ0v) is 20.4. The van der Waals surface area contributed by atoms with Gasteiger partial charge in [0.1, 0.15) is 12.3 Å². The van der Waals surface area contributed by atoms with Gasteiger partial charge in [0, 0.05) is 18.0 Å². The summed E-state index contributed by atoms with van der Waals surface area (Å²) >= 11 is 4.92. The fraction of sp³-hybridized carbons (Fsp3) is 0.333. The first-order chi connectivity index (χ1) is 15.5. The standard InChI is InChI=1S/C24H26BrN3O3S/c1-31-20-9-8-17(14-18(20)25)15-22-24(30)28(19-6-2-3-7-21(19)32-22)16-23(29)26-10-13-27-11-4-5-12-27/h2-3,6-9,14-15H,4-5,10-13,16H2,1H3,(H,26,29). The highest BCUT2D eigenvalue weighted by Crippen LogP contribution is 2.42. The number of hydrogen-bond donors (Lipinski definition) is 1. The Morgan fingerprint density at radius 2 is 2.00 bits per heavy atom.